The maximum Gasteiger partial charge on any atom is 0.242 e. The number of carbonyl (C=O) groups is 1. The molecule has 7 heteroatoms. The van der Waals surface area contributed by atoms with Crippen LogP contribution in [-0.4, -0.2) is 75.0 Å². The zero-order valence-corrected chi connectivity index (χ0v) is 15.4. The Morgan fingerprint density at radius 2 is 2.08 bits per heavy atom. The molecule has 1 aromatic rings. The third-order valence-electron chi connectivity index (χ3n) is 4.63. The van der Waals surface area contributed by atoms with Crippen molar-refractivity contribution >= 4 is 11.7 Å². The molecule has 3 atom stereocenters. The Bertz CT molecular complexity index is 543. The van der Waals surface area contributed by atoms with Crippen molar-refractivity contribution in [3.8, 4) is 0 Å². The number of aromatic nitrogens is 2. The topological polar surface area (TPSA) is 73.6 Å². The molecule has 0 aliphatic carbocycles. The lowest BCUT2D eigenvalue weighted by atomic mass is 10.1. The lowest BCUT2D eigenvalue weighted by Crippen LogP contribution is -2.57. The highest BCUT2D eigenvalue weighted by Gasteiger charge is 2.30. The second kappa shape index (κ2) is 8.09. The van der Waals surface area contributed by atoms with Crippen LogP contribution in [0.5, 0.6) is 0 Å². The standard InChI is InChI=1S/C17H31N5O2/c1-12(2)22-16(6-7-18-22)19-17(24)15(5)21-9-8-20(11-14(4)23)13(3)10-21/h6-7,12-15,23H,8-11H2,1-5H3,(H,19,24)/t13-,14-,15-/m0/s1. The van der Waals surface area contributed by atoms with Crippen LogP contribution in [0.1, 0.15) is 40.7 Å². The molecule has 24 heavy (non-hydrogen) atoms. The second-order valence-electron chi connectivity index (χ2n) is 7.11. The van der Waals surface area contributed by atoms with Crippen molar-refractivity contribution < 1.29 is 9.90 Å². The Morgan fingerprint density at radius 1 is 1.38 bits per heavy atom. The van der Waals surface area contributed by atoms with E-state index in [9.17, 15) is 9.90 Å². The number of aliphatic hydroxyl groups is 1. The number of aliphatic hydroxyl groups excluding tert-OH is 1. The maximum atomic E-state index is 12.6. The molecule has 0 spiro atoms. The van der Waals surface area contributed by atoms with Gasteiger partial charge in [-0.25, -0.2) is 4.68 Å². The van der Waals surface area contributed by atoms with Crippen molar-refractivity contribution in [1.82, 2.24) is 19.6 Å². The van der Waals surface area contributed by atoms with Crippen LogP contribution < -0.4 is 5.32 Å². The summed E-state index contributed by atoms with van der Waals surface area (Å²) in [6.45, 7) is 13.2. The van der Waals surface area contributed by atoms with Crippen LogP contribution >= 0.6 is 0 Å². The van der Waals surface area contributed by atoms with Gasteiger partial charge in [-0.15, -0.1) is 0 Å². The monoisotopic (exact) mass is 337 g/mol. The molecule has 1 aliphatic heterocycles. The Labute approximate surface area is 144 Å². The van der Waals surface area contributed by atoms with E-state index < -0.39 is 0 Å². The van der Waals surface area contributed by atoms with E-state index in [1.54, 1.807) is 6.20 Å². The highest BCUT2D eigenvalue weighted by molar-refractivity contribution is 5.93. The SMILES string of the molecule is CC(C)n1nccc1NC(=O)[C@H](C)N1CCN(C[C@H](C)O)[C@@H](C)C1. The average molecular weight is 337 g/mol. The minimum absolute atomic E-state index is 0.00595. The lowest BCUT2D eigenvalue weighted by molar-refractivity contribution is -0.122. The molecule has 1 amide bonds. The van der Waals surface area contributed by atoms with Crippen LogP contribution in [0.2, 0.25) is 0 Å². The Morgan fingerprint density at radius 3 is 2.67 bits per heavy atom. The molecule has 1 aromatic heterocycles. The van der Waals surface area contributed by atoms with Crippen molar-refractivity contribution in [3.63, 3.8) is 0 Å². The highest BCUT2D eigenvalue weighted by Crippen LogP contribution is 2.16. The zero-order chi connectivity index (χ0) is 17.9. The van der Waals surface area contributed by atoms with Crippen LogP contribution in [-0.2, 0) is 4.79 Å². The van der Waals surface area contributed by atoms with Gasteiger partial charge in [-0.1, -0.05) is 0 Å². The van der Waals surface area contributed by atoms with E-state index in [0.717, 1.165) is 25.5 Å². The molecule has 1 aliphatic rings. The number of rotatable bonds is 6. The van der Waals surface area contributed by atoms with E-state index in [1.807, 2.05) is 38.4 Å². The third-order valence-corrected chi connectivity index (χ3v) is 4.63. The molecule has 2 N–H and O–H groups in total. The Kier molecular flexibility index (Phi) is 6.37. The van der Waals surface area contributed by atoms with Crippen molar-refractivity contribution in [1.29, 1.82) is 0 Å². The summed E-state index contributed by atoms with van der Waals surface area (Å²) >= 11 is 0. The summed E-state index contributed by atoms with van der Waals surface area (Å²) in [6.07, 6.45) is 1.38. The van der Waals surface area contributed by atoms with Gasteiger partial charge in [0.05, 0.1) is 18.3 Å². The van der Waals surface area contributed by atoms with Crippen LogP contribution in [0.4, 0.5) is 5.82 Å². The summed E-state index contributed by atoms with van der Waals surface area (Å²) in [4.78, 5) is 17.1. The fourth-order valence-electron chi connectivity index (χ4n) is 3.21. The number of piperazine rings is 1. The first-order valence-corrected chi connectivity index (χ1v) is 8.80. The van der Waals surface area contributed by atoms with Crippen molar-refractivity contribution in [2.24, 2.45) is 0 Å². The molecular weight excluding hydrogens is 306 g/mol. The van der Waals surface area contributed by atoms with E-state index in [4.69, 9.17) is 0 Å². The summed E-state index contributed by atoms with van der Waals surface area (Å²) in [5.74, 6) is 0.733. The van der Waals surface area contributed by atoms with Crippen LogP contribution in [0, 0.1) is 0 Å². The Hall–Kier alpha value is -1.44. The van der Waals surface area contributed by atoms with Gasteiger partial charge in [0, 0.05) is 44.3 Å². The van der Waals surface area contributed by atoms with E-state index in [2.05, 4.69) is 27.1 Å². The predicted molar refractivity (Wildman–Crippen MR) is 95.0 cm³/mol. The molecule has 2 rings (SSSR count). The van der Waals surface area contributed by atoms with Gasteiger partial charge in [-0.05, 0) is 34.6 Å². The normalized spacial score (nSPS) is 22.5. The summed E-state index contributed by atoms with van der Waals surface area (Å²) < 4.78 is 1.81. The lowest BCUT2D eigenvalue weighted by Gasteiger charge is -2.42. The molecule has 0 saturated carbocycles. The molecule has 0 unspecified atom stereocenters. The summed E-state index contributed by atoms with van der Waals surface area (Å²) in [6, 6.07) is 2.16. The summed E-state index contributed by atoms with van der Waals surface area (Å²) in [5.41, 5.74) is 0. The average Bonchev–Trinajstić information content (AvgIpc) is 2.96. The molecule has 7 nitrogen and oxygen atoms in total. The van der Waals surface area contributed by atoms with E-state index >= 15 is 0 Å². The van der Waals surface area contributed by atoms with E-state index in [0.29, 0.717) is 12.6 Å². The second-order valence-corrected chi connectivity index (χ2v) is 7.11. The fraction of sp³-hybridized carbons (Fsp3) is 0.765. The van der Waals surface area contributed by atoms with Crippen LogP contribution in [0.15, 0.2) is 12.3 Å². The van der Waals surface area contributed by atoms with Gasteiger partial charge in [0.2, 0.25) is 5.91 Å². The number of hydrogen-bond donors (Lipinski definition) is 2. The van der Waals surface area contributed by atoms with Crippen LogP contribution in [0.3, 0.4) is 0 Å². The van der Waals surface area contributed by atoms with Gasteiger partial charge in [-0.2, -0.15) is 5.10 Å². The number of anilines is 1. The highest BCUT2D eigenvalue weighted by atomic mass is 16.3. The molecular formula is C17H31N5O2. The summed E-state index contributed by atoms with van der Waals surface area (Å²) in [7, 11) is 0. The Balaban J connectivity index is 1.93. The fourth-order valence-corrected chi connectivity index (χ4v) is 3.21. The first-order valence-electron chi connectivity index (χ1n) is 8.80. The zero-order valence-electron chi connectivity index (χ0n) is 15.4. The molecule has 1 fully saturated rings. The molecule has 0 radical (unpaired) electrons. The quantitative estimate of drug-likeness (QED) is 0.815. The number of hydrogen-bond acceptors (Lipinski definition) is 5. The summed E-state index contributed by atoms with van der Waals surface area (Å²) in [5, 5.41) is 16.8. The predicted octanol–water partition coefficient (Wildman–Crippen LogP) is 1.18. The minimum Gasteiger partial charge on any atom is -0.392 e. The van der Waals surface area contributed by atoms with Crippen molar-refractivity contribution in [3.05, 3.63) is 12.3 Å². The van der Waals surface area contributed by atoms with Gasteiger partial charge in [0.15, 0.2) is 0 Å². The number of nitrogens with one attached hydrogen (secondary N) is 1. The maximum absolute atomic E-state index is 12.6. The first-order chi connectivity index (χ1) is 11.3. The molecule has 0 aromatic carbocycles. The van der Waals surface area contributed by atoms with E-state index in [1.165, 1.54) is 0 Å². The molecule has 0 bridgehead atoms. The number of nitrogens with zero attached hydrogens (tertiary/aromatic N) is 4. The van der Waals surface area contributed by atoms with Gasteiger partial charge in [0.1, 0.15) is 5.82 Å². The van der Waals surface area contributed by atoms with Crippen LogP contribution in [0.25, 0.3) is 0 Å². The number of β-amino-alcohol motifs (C(OH)–C–C–N with tert-alkyl or cyclic N) is 1. The molecule has 2 heterocycles. The van der Waals surface area contributed by atoms with Gasteiger partial charge in [0.25, 0.3) is 0 Å². The van der Waals surface area contributed by atoms with E-state index in [-0.39, 0.29) is 24.1 Å². The van der Waals surface area contributed by atoms with Gasteiger partial charge in [-0.3, -0.25) is 14.6 Å². The largest absolute Gasteiger partial charge is 0.392 e. The molecule has 136 valence electrons. The minimum atomic E-state index is -0.323. The first kappa shape index (κ1) is 18.9. The smallest absolute Gasteiger partial charge is 0.242 e. The number of carbonyl (C=O) groups excluding carboxylic acids is 1. The third kappa shape index (κ3) is 4.55. The van der Waals surface area contributed by atoms with Gasteiger partial charge >= 0.3 is 0 Å². The van der Waals surface area contributed by atoms with Crippen molar-refractivity contribution in [2.45, 2.75) is 58.8 Å². The number of amides is 1. The van der Waals surface area contributed by atoms with Gasteiger partial charge < -0.3 is 10.4 Å². The van der Waals surface area contributed by atoms with Crippen molar-refractivity contribution in [2.75, 3.05) is 31.5 Å². The molecule has 1 saturated heterocycles.